The predicted molar refractivity (Wildman–Crippen MR) is 77.9 cm³/mol. The molecule has 0 saturated carbocycles. The van der Waals surface area contributed by atoms with E-state index in [2.05, 4.69) is 6.58 Å². The maximum atomic E-state index is 9.25. The quantitative estimate of drug-likeness (QED) is 0.330. The first-order chi connectivity index (χ1) is 9.74. The Hall–Kier alpha value is -1.57. The summed E-state index contributed by atoms with van der Waals surface area (Å²) in [6, 6.07) is 1.25. The zero-order valence-electron chi connectivity index (χ0n) is 12.7. The van der Waals surface area contributed by atoms with Gasteiger partial charge in [0.15, 0.2) is 0 Å². The molecule has 0 aromatic rings. The first-order valence-electron chi connectivity index (χ1n) is 6.20. The zero-order valence-corrected chi connectivity index (χ0v) is 12.7. The summed E-state index contributed by atoms with van der Waals surface area (Å²) in [5.74, 6) is -0.981. The highest BCUT2D eigenvalue weighted by molar-refractivity contribution is 5.78. The molecular formula is C13H26N2O6. The van der Waals surface area contributed by atoms with Crippen LogP contribution in [0.5, 0.6) is 0 Å². The van der Waals surface area contributed by atoms with Crippen molar-refractivity contribution >= 4 is 12.0 Å². The van der Waals surface area contributed by atoms with Gasteiger partial charge >= 0.3 is 5.97 Å². The molecule has 0 saturated heterocycles. The lowest BCUT2D eigenvalue weighted by atomic mass is 10.4. The van der Waals surface area contributed by atoms with Gasteiger partial charge in [0, 0.05) is 6.08 Å². The standard InChI is InChI=1S/C9H20O4.C3H4O2.CH2N2/c1-7(11)5-12-9(3)6-13-8(2)4-10;1-2-3(4)5;2-1-3/h7-11H,4-6H2,1-3H3;2H,1H2,(H,4,5);2-3H. The lowest BCUT2D eigenvalue weighted by molar-refractivity contribution is -0.131. The Morgan fingerprint density at radius 3 is 1.90 bits per heavy atom. The third-order valence-corrected chi connectivity index (χ3v) is 1.67. The molecule has 0 fully saturated rings. The highest BCUT2D eigenvalue weighted by Gasteiger charge is 2.06. The van der Waals surface area contributed by atoms with Crippen LogP contribution >= 0.6 is 0 Å². The summed E-state index contributed by atoms with van der Waals surface area (Å²) in [5, 5.41) is 36.4. The van der Waals surface area contributed by atoms with E-state index in [0.717, 1.165) is 6.08 Å². The summed E-state index contributed by atoms with van der Waals surface area (Å²) in [7, 11) is 0. The van der Waals surface area contributed by atoms with Crippen molar-refractivity contribution in [2.45, 2.75) is 39.1 Å². The molecule has 0 aliphatic carbocycles. The van der Waals surface area contributed by atoms with E-state index in [-0.39, 0.29) is 18.8 Å². The van der Waals surface area contributed by atoms with Crippen LogP contribution in [0.15, 0.2) is 12.7 Å². The Morgan fingerprint density at radius 1 is 1.24 bits per heavy atom. The van der Waals surface area contributed by atoms with Crippen LogP contribution in [0.2, 0.25) is 0 Å². The SMILES string of the molecule is C=CC(=O)O.CC(O)COC(C)COC(C)CO.N=C=N. The number of ether oxygens (including phenoxy) is 2. The Labute approximate surface area is 125 Å². The van der Waals surface area contributed by atoms with Gasteiger partial charge < -0.3 is 24.8 Å². The van der Waals surface area contributed by atoms with E-state index in [4.69, 9.17) is 35.6 Å². The summed E-state index contributed by atoms with van der Waals surface area (Å²) in [5.41, 5.74) is 0. The minimum atomic E-state index is -0.981. The molecule has 124 valence electrons. The molecule has 3 unspecified atom stereocenters. The highest BCUT2D eigenvalue weighted by atomic mass is 16.5. The summed E-state index contributed by atoms with van der Waals surface area (Å²) < 4.78 is 10.5. The van der Waals surface area contributed by atoms with E-state index < -0.39 is 12.1 Å². The highest BCUT2D eigenvalue weighted by Crippen LogP contribution is 1.97. The lowest BCUT2D eigenvalue weighted by Gasteiger charge is -2.16. The third kappa shape index (κ3) is 32.2. The van der Waals surface area contributed by atoms with Gasteiger partial charge in [-0.3, -0.25) is 0 Å². The Morgan fingerprint density at radius 2 is 1.62 bits per heavy atom. The summed E-state index contributed by atoms with van der Waals surface area (Å²) >= 11 is 0. The first-order valence-corrected chi connectivity index (χ1v) is 6.20. The van der Waals surface area contributed by atoms with Crippen LogP contribution in [0.1, 0.15) is 20.8 Å². The normalized spacial score (nSPS) is 13.2. The number of hydrogen-bond donors (Lipinski definition) is 5. The second kappa shape index (κ2) is 18.4. The van der Waals surface area contributed by atoms with Crippen molar-refractivity contribution in [2.24, 2.45) is 0 Å². The molecule has 0 aliphatic rings. The van der Waals surface area contributed by atoms with Crippen LogP contribution in [-0.2, 0) is 14.3 Å². The second-order valence-electron chi connectivity index (χ2n) is 3.99. The van der Waals surface area contributed by atoms with Gasteiger partial charge in [0.1, 0.15) is 0 Å². The minimum Gasteiger partial charge on any atom is -0.478 e. The number of rotatable bonds is 8. The van der Waals surface area contributed by atoms with E-state index in [1.165, 1.54) is 6.01 Å². The number of aliphatic hydroxyl groups excluding tert-OH is 2. The molecule has 0 bridgehead atoms. The summed E-state index contributed by atoms with van der Waals surface area (Å²) in [6.07, 6.45) is 0.180. The number of carboxylic acids is 1. The molecule has 21 heavy (non-hydrogen) atoms. The van der Waals surface area contributed by atoms with Gasteiger partial charge in [-0.15, -0.1) is 0 Å². The Bertz CT molecular complexity index is 290. The van der Waals surface area contributed by atoms with Crippen LogP contribution in [0, 0.1) is 10.8 Å². The molecule has 0 heterocycles. The van der Waals surface area contributed by atoms with Crippen LogP contribution in [0.25, 0.3) is 0 Å². The largest absolute Gasteiger partial charge is 0.478 e. The number of aliphatic carboxylic acids is 1. The summed E-state index contributed by atoms with van der Waals surface area (Å²) in [4.78, 5) is 9.25. The molecule has 8 nitrogen and oxygen atoms in total. The van der Waals surface area contributed by atoms with E-state index >= 15 is 0 Å². The fraction of sp³-hybridized carbons (Fsp3) is 0.692. The van der Waals surface area contributed by atoms with Crippen LogP contribution in [0.3, 0.4) is 0 Å². The maximum absolute atomic E-state index is 9.25. The van der Waals surface area contributed by atoms with E-state index in [0.29, 0.717) is 13.2 Å². The van der Waals surface area contributed by atoms with E-state index in [1.807, 2.05) is 6.92 Å². The number of carboxylic acid groups (broad SMARTS) is 1. The second-order valence-corrected chi connectivity index (χ2v) is 3.99. The molecule has 0 aromatic heterocycles. The fourth-order valence-electron chi connectivity index (χ4n) is 0.704. The van der Waals surface area contributed by atoms with Gasteiger partial charge in [0.2, 0.25) is 0 Å². The maximum Gasteiger partial charge on any atom is 0.327 e. The van der Waals surface area contributed by atoms with Crippen molar-refractivity contribution in [1.82, 2.24) is 0 Å². The van der Waals surface area contributed by atoms with Gasteiger partial charge in [-0.1, -0.05) is 6.58 Å². The summed E-state index contributed by atoms with van der Waals surface area (Å²) in [6.45, 7) is 9.07. The zero-order chi connectivity index (χ0) is 17.3. The number of nitrogens with one attached hydrogen (secondary N) is 2. The van der Waals surface area contributed by atoms with E-state index in [9.17, 15) is 4.79 Å². The van der Waals surface area contributed by atoms with Crippen molar-refractivity contribution in [3.63, 3.8) is 0 Å². The molecular weight excluding hydrogens is 280 g/mol. The number of carbonyl (C=O) groups is 1. The molecule has 3 atom stereocenters. The Balaban J connectivity index is -0.000000335. The molecule has 0 aromatic carbocycles. The lowest BCUT2D eigenvalue weighted by Crippen LogP contribution is -2.24. The van der Waals surface area contributed by atoms with Gasteiger partial charge in [-0.25, -0.2) is 15.6 Å². The van der Waals surface area contributed by atoms with E-state index in [1.54, 1.807) is 13.8 Å². The van der Waals surface area contributed by atoms with Gasteiger partial charge in [-0.05, 0) is 20.8 Å². The van der Waals surface area contributed by atoms with Crippen LogP contribution in [0.4, 0.5) is 0 Å². The van der Waals surface area contributed by atoms with Crippen LogP contribution < -0.4 is 0 Å². The van der Waals surface area contributed by atoms with Gasteiger partial charge in [0.25, 0.3) is 0 Å². The molecule has 5 N–H and O–H groups in total. The molecule has 0 amide bonds. The van der Waals surface area contributed by atoms with Crippen molar-refractivity contribution in [1.29, 1.82) is 10.8 Å². The molecule has 8 heteroatoms. The smallest absolute Gasteiger partial charge is 0.327 e. The monoisotopic (exact) mass is 306 g/mol. The molecule has 0 rings (SSSR count). The Kier molecular flexibility index (Phi) is 21.5. The van der Waals surface area contributed by atoms with Crippen molar-refractivity contribution < 1.29 is 29.6 Å². The molecule has 0 radical (unpaired) electrons. The average Bonchev–Trinajstić information content (AvgIpc) is 2.43. The minimum absolute atomic E-state index is 0.0170. The molecule has 0 aliphatic heterocycles. The average molecular weight is 306 g/mol. The fourth-order valence-corrected chi connectivity index (χ4v) is 0.704. The topological polar surface area (TPSA) is 144 Å². The van der Waals surface area contributed by atoms with Crippen molar-refractivity contribution in [3.05, 3.63) is 12.7 Å². The molecule has 0 spiro atoms. The van der Waals surface area contributed by atoms with Crippen molar-refractivity contribution in [3.8, 4) is 0 Å². The van der Waals surface area contributed by atoms with Gasteiger partial charge in [0.05, 0.1) is 44.1 Å². The predicted octanol–water partition coefficient (Wildman–Crippen LogP) is 0.745. The third-order valence-electron chi connectivity index (χ3n) is 1.67. The first kappa shape index (κ1) is 24.4. The van der Waals surface area contributed by atoms with Crippen molar-refractivity contribution in [2.75, 3.05) is 19.8 Å². The van der Waals surface area contributed by atoms with Crippen LogP contribution in [-0.4, -0.2) is 65.4 Å². The number of hydrogen-bond acceptors (Lipinski definition) is 7. The van der Waals surface area contributed by atoms with Gasteiger partial charge in [-0.2, -0.15) is 0 Å². The number of aliphatic hydroxyl groups is 2.